The van der Waals surface area contributed by atoms with Crippen LogP contribution in [0.2, 0.25) is 0 Å². The monoisotopic (exact) mass is 292 g/mol. The fourth-order valence-corrected chi connectivity index (χ4v) is 2.71. The molecule has 0 aliphatic heterocycles. The number of anilines is 1. The number of nitrogens with one attached hydrogen (secondary N) is 1. The highest BCUT2D eigenvalue weighted by Gasteiger charge is 2.10. The number of nitro groups is 1. The molecule has 0 aromatic heterocycles. The Morgan fingerprint density at radius 3 is 2.75 bits per heavy atom. The highest BCUT2D eigenvalue weighted by atomic mass is 32.2. The third-order valence-corrected chi connectivity index (χ3v) is 3.80. The molecule has 20 heavy (non-hydrogen) atoms. The molecule has 2 aromatic rings. The summed E-state index contributed by atoms with van der Waals surface area (Å²) in [6.07, 6.45) is 0. The van der Waals surface area contributed by atoms with Gasteiger partial charge in [0.2, 0.25) is 0 Å². The van der Waals surface area contributed by atoms with Gasteiger partial charge in [0, 0.05) is 35.5 Å². The zero-order valence-electron chi connectivity index (χ0n) is 10.8. The summed E-state index contributed by atoms with van der Waals surface area (Å²) >= 11 is 1.44. The number of hydrogen-bond acceptors (Lipinski definition) is 4. The van der Waals surface area contributed by atoms with E-state index in [1.54, 1.807) is 19.2 Å². The molecule has 0 aliphatic carbocycles. The van der Waals surface area contributed by atoms with Crippen LogP contribution in [0.4, 0.5) is 15.8 Å². The van der Waals surface area contributed by atoms with Crippen molar-refractivity contribution in [3.05, 3.63) is 64.0 Å². The average Bonchev–Trinajstić information content (AvgIpc) is 2.44. The van der Waals surface area contributed by atoms with Crippen molar-refractivity contribution in [3.63, 3.8) is 0 Å². The molecule has 2 aromatic carbocycles. The molecule has 104 valence electrons. The molecular formula is C14H13FN2O2S. The van der Waals surface area contributed by atoms with E-state index in [1.165, 1.54) is 36.0 Å². The minimum atomic E-state index is -0.421. The Morgan fingerprint density at radius 1 is 1.30 bits per heavy atom. The van der Waals surface area contributed by atoms with Crippen LogP contribution in [0.5, 0.6) is 0 Å². The van der Waals surface area contributed by atoms with Crippen molar-refractivity contribution in [3.8, 4) is 0 Å². The molecule has 0 amide bonds. The van der Waals surface area contributed by atoms with Gasteiger partial charge in [-0.15, -0.1) is 11.8 Å². The Bertz CT molecular complexity index is 634. The second kappa shape index (κ2) is 6.38. The van der Waals surface area contributed by atoms with Crippen LogP contribution in [-0.4, -0.2) is 12.0 Å². The fraction of sp³-hybridized carbons (Fsp3) is 0.143. The molecule has 4 nitrogen and oxygen atoms in total. The Kier molecular flexibility index (Phi) is 4.57. The number of halogens is 1. The summed E-state index contributed by atoms with van der Waals surface area (Å²) in [5.74, 6) is 0.240. The van der Waals surface area contributed by atoms with Crippen LogP contribution in [0.25, 0.3) is 0 Å². The molecular weight excluding hydrogens is 279 g/mol. The van der Waals surface area contributed by atoms with Gasteiger partial charge < -0.3 is 5.32 Å². The standard InChI is InChI=1S/C14H13FN2O2S/c1-16-14-6-5-12(17(18)19)7-10(14)9-20-13-4-2-3-11(15)8-13/h2-8,16H,9H2,1H3. The van der Waals surface area contributed by atoms with Crippen LogP contribution in [0, 0.1) is 15.9 Å². The number of non-ortho nitro benzene ring substituents is 1. The van der Waals surface area contributed by atoms with Gasteiger partial charge in [-0.25, -0.2) is 4.39 Å². The molecule has 6 heteroatoms. The summed E-state index contributed by atoms with van der Waals surface area (Å²) in [6.45, 7) is 0. The SMILES string of the molecule is CNc1ccc([N+](=O)[O-])cc1CSc1cccc(F)c1. The predicted molar refractivity (Wildman–Crippen MR) is 78.6 cm³/mol. The van der Waals surface area contributed by atoms with Gasteiger partial charge in [-0.3, -0.25) is 10.1 Å². The molecule has 0 saturated carbocycles. The first kappa shape index (κ1) is 14.3. The minimum absolute atomic E-state index is 0.0545. The van der Waals surface area contributed by atoms with Gasteiger partial charge in [0.15, 0.2) is 0 Å². The van der Waals surface area contributed by atoms with Gasteiger partial charge in [0.1, 0.15) is 5.82 Å². The average molecular weight is 292 g/mol. The number of nitro benzene ring substituents is 1. The van der Waals surface area contributed by atoms with E-state index < -0.39 is 4.92 Å². The van der Waals surface area contributed by atoms with Crippen molar-refractivity contribution in [1.29, 1.82) is 0 Å². The molecule has 0 unspecified atom stereocenters. The van der Waals surface area contributed by atoms with Crippen molar-refractivity contribution in [2.24, 2.45) is 0 Å². The summed E-state index contributed by atoms with van der Waals surface area (Å²) in [6, 6.07) is 11.0. The van der Waals surface area contributed by atoms with E-state index in [0.717, 1.165) is 16.1 Å². The Morgan fingerprint density at radius 2 is 2.10 bits per heavy atom. The molecule has 2 rings (SSSR count). The predicted octanol–water partition coefficient (Wildman–Crippen LogP) is 4.07. The van der Waals surface area contributed by atoms with E-state index in [-0.39, 0.29) is 11.5 Å². The lowest BCUT2D eigenvalue weighted by molar-refractivity contribution is -0.384. The van der Waals surface area contributed by atoms with Crippen LogP contribution in [-0.2, 0) is 5.75 Å². The van der Waals surface area contributed by atoms with Gasteiger partial charge in [-0.2, -0.15) is 0 Å². The number of rotatable bonds is 5. The van der Waals surface area contributed by atoms with Crippen LogP contribution >= 0.6 is 11.8 Å². The first-order chi connectivity index (χ1) is 9.60. The van der Waals surface area contributed by atoms with Gasteiger partial charge in [-0.05, 0) is 29.8 Å². The van der Waals surface area contributed by atoms with Gasteiger partial charge in [0.25, 0.3) is 5.69 Å². The molecule has 0 atom stereocenters. The highest BCUT2D eigenvalue weighted by molar-refractivity contribution is 7.98. The third kappa shape index (κ3) is 3.48. The van der Waals surface area contributed by atoms with Crippen LogP contribution in [0.15, 0.2) is 47.4 Å². The first-order valence-electron chi connectivity index (χ1n) is 5.93. The molecule has 0 aliphatic rings. The van der Waals surface area contributed by atoms with E-state index in [1.807, 2.05) is 6.07 Å². The quantitative estimate of drug-likeness (QED) is 0.513. The van der Waals surface area contributed by atoms with Gasteiger partial charge >= 0.3 is 0 Å². The summed E-state index contributed by atoms with van der Waals surface area (Å²) in [7, 11) is 1.76. The minimum Gasteiger partial charge on any atom is -0.388 e. The summed E-state index contributed by atoms with van der Waals surface area (Å²) in [5.41, 5.74) is 1.70. The lowest BCUT2D eigenvalue weighted by Crippen LogP contribution is -1.96. The van der Waals surface area contributed by atoms with E-state index in [2.05, 4.69) is 5.32 Å². The summed E-state index contributed by atoms with van der Waals surface area (Å²) in [5, 5.41) is 13.8. The topological polar surface area (TPSA) is 55.2 Å². The Hall–Kier alpha value is -2.08. The lowest BCUT2D eigenvalue weighted by Gasteiger charge is -2.09. The van der Waals surface area contributed by atoms with E-state index >= 15 is 0 Å². The first-order valence-corrected chi connectivity index (χ1v) is 6.92. The number of thioether (sulfide) groups is 1. The molecule has 0 radical (unpaired) electrons. The maximum absolute atomic E-state index is 13.1. The Labute approximate surface area is 120 Å². The van der Waals surface area contributed by atoms with E-state index in [0.29, 0.717) is 5.75 Å². The fourth-order valence-electron chi connectivity index (χ4n) is 1.77. The van der Waals surface area contributed by atoms with Crippen molar-refractivity contribution in [2.75, 3.05) is 12.4 Å². The number of hydrogen-bond donors (Lipinski definition) is 1. The largest absolute Gasteiger partial charge is 0.388 e. The normalized spacial score (nSPS) is 10.3. The second-order valence-electron chi connectivity index (χ2n) is 4.09. The maximum Gasteiger partial charge on any atom is 0.269 e. The number of nitrogens with zero attached hydrogens (tertiary/aromatic N) is 1. The molecule has 0 bridgehead atoms. The molecule has 1 N–H and O–H groups in total. The third-order valence-electron chi connectivity index (χ3n) is 2.76. The van der Waals surface area contributed by atoms with Gasteiger partial charge in [0.05, 0.1) is 4.92 Å². The van der Waals surface area contributed by atoms with E-state index in [4.69, 9.17) is 0 Å². The zero-order chi connectivity index (χ0) is 14.5. The second-order valence-corrected chi connectivity index (χ2v) is 5.14. The maximum atomic E-state index is 13.1. The lowest BCUT2D eigenvalue weighted by atomic mass is 10.2. The summed E-state index contributed by atoms with van der Waals surface area (Å²) < 4.78 is 13.1. The zero-order valence-corrected chi connectivity index (χ0v) is 11.6. The molecule has 0 saturated heterocycles. The molecule has 0 fully saturated rings. The van der Waals surface area contributed by atoms with Crippen molar-refractivity contribution < 1.29 is 9.31 Å². The van der Waals surface area contributed by atoms with Crippen LogP contribution in [0.3, 0.4) is 0 Å². The molecule has 0 spiro atoms. The van der Waals surface area contributed by atoms with Crippen molar-refractivity contribution in [1.82, 2.24) is 0 Å². The number of benzene rings is 2. The van der Waals surface area contributed by atoms with Crippen molar-refractivity contribution in [2.45, 2.75) is 10.6 Å². The van der Waals surface area contributed by atoms with E-state index in [9.17, 15) is 14.5 Å². The van der Waals surface area contributed by atoms with Gasteiger partial charge in [-0.1, -0.05) is 6.07 Å². The smallest absolute Gasteiger partial charge is 0.269 e. The van der Waals surface area contributed by atoms with Crippen LogP contribution in [0.1, 0.15) is 5.56 Å². The highest BCUT2D eigenvalue weighted by Crippen LogP contribution is 2.29. The van der Waals surface area contributed by atoms with Crippen molar-refractivity contribution >= 4 is 23.1 Å². The summed E-state index contributed by atoms with van der Waals surface area (Å²) in [4.78, 5) is 11.2. The Balaban J connectivity index is 2.19. The van der Waals surface area contributed by atoms with Crippen LogP contribution < -0.4 is 5.32 Å². The molecule has 0 heterocycles.